The number of benzene rings is 1. The van der Waals surface area contributed by atoms with Crippen molar-refractivity contribution in [3.05, 3.63) is 47.9 Å². The number of nitrogens with one attached hydrogen (secondary N) is 1. The average molecular weight is 420 g/mol. The zero-order valence-corrected chi connectivity index (χ0v) is 16.9. The Morgan fingerprint density at radius 2 is 1.90 bits per heavy atom. The lowest BCUT2D eigenvalue weighted by Crippen LogP contribution is -2.40. The minimum Gasteiger partial charge on any atom is -0.379 e. The summed E-state index contributed by atoms with van der Waals surface area (Å²) in [6, 6.07) is 10.1. The Balaban J connectivity index is 1.35. The van der Waals surface area contributed by atoms with Crippen LogP contribution in [0.4, 0.5) is 0 Å². The van der Waals surface area contributed by atoms with Crippen LogP contribution in [0, 0.1) is 0 Å². The molecule has 1 aromatic carbocycles. The van der Waals surface area contributed by atoms with Crippen LogP contribution in [0.1, 0.15) is 47.8 Å². The smallest absolute Gasteiger partial charge is 0.290 e. The van der Waals surface area contributed by atoms with Gasteiger partial charge in [0.1, 0.15) is 0 Å². The maximum Gasteiger partial charge on any atom is 0.290 e. The molecule has 0 spiro atoms. The molecule has 2 aliphatic rings. The standard InChI is InChI=1S/C20H25N3O5S/c24-20(21-16-5-4-12-27-14-16)19-13-18(22-28-19)15-8-10-23(11-9-15)29(25,26)17-6-2-1-3-7-17/h1-3,6-7,13,15-16H,4-5,8-12,14H2,(H,21,24)/t16-/m0/s1. The Kier molecular flexibility index (Phi) is 5.98. The maximum absolute atomic E-state index is 12.7. The second-order valence-corrected chi connectivity index (χ2v) is 9.43. The van der Waals surface area contributed by atoms with Crippen LogP contribution >= 0.6 is 0 Å². The van der Waals surface area contributed by atoms with E-state index in [0.717, 1.165) is 19.4 Å². The molecule has 0 saturated carbocycles. The molecule has 1 N–H and O–H groups in total. The predicted molar refractivity (Wildman–Crippen MR) is 105 cm³/mol. The summed E-state index contributed by atoms with van der Waals surface area (Å²) in [5.41, 5.74) is 0.701. The molecular formula is C20H25N3O5S. The van der Waals surface area contributed by atoms with Gasteiger partial charge in [0.2, 0.25) is 15.8 Å². The fourth-order valence-corrected chi connectivity index (χ4v) is 5.32. The summed E-state index contributed by atoms with van der Waals surface area (Å²) in [7, 11) is -3.48. The molecule has 0 aliphatic carbocycles. The molecule has 9 heteroatoms. The van der Waals surface area contributed by atoms with Crippen molar-refractivity contribution in [1.82, 2.24) is 14.8 Å². The molecule has 2 fully saturated rings. The van der Waals surface area contributed by atoms with E-state index in [0.29, 0.717) is 43.1 Å². The number of sulfonamides is 1. The highest BCUT2D eigenvalue weighted by molar-refractivity contribution is 7.89. The molecule has 2 aliphatic heterocycles. The summed E-state index contributed by atoms with van der Waals surface area (Å²) in [5.74, 6) is -0.0335. The van der Waals surface area contributed by atoms with Crippen molar-refractivity contribution in [1.29, 1.82) is 0 Å². The molecule has 0 bridgehead atoms. The van der Waals surface area contributed by atoms with Gasteiger partial charge in [0, 0.05) is 31.7 Å². The third kappa shape index (κ3) is 4.52. The molecule has 1 amide bonds. The topological polar surface area (TPSA) is 102 Å². The summed E-state index contributed by atoms with van der Waals surface area (Å²) in [6.07, 6.45) is 3.09. The maximum atomic E-state index is 12.7. The molecule has 0 unspecified atom stereocenters. The molecule has 4 rings (SSSR count). The van der Waals surface area contributed by atoms with Crippen molar-refractivity contribution in [3.63, 3.8) is 0 Å². The second kappa shape index (κ2) is 8.64. The van der Waals surface area contributed by atoms with Gasteiger partial charge in [-0.1, -0.05) is 23.4 Å². The van der Waals surface area contributed by atoms with Gasteiger partial charge in [-0.15, -0.1) is 0 Å². The highest BCUT2D eigenvalue weighted by Gasteiger charge is 2.31. The van der Waals surface area contributed by atoms with E-state index in [9.17, 15) is 13.2 Å². The lowest BCUT2D eigenvalue weighted by atomic mass is 9.94. The van der Waals surface area contributed by atoms with E-state index in [1.54, 1.807) is 36.4 Å². The molecule has 1 atom stereocenters. The molecule has 29 heavy (non-hydrogen) atoms. The summed E-state index contributed by atoms with van der Waals surface area (Å²) in [6.45, 7) is 2.07. The first-order valence-electron chi connectivity index (χ1n) is 9.94. The van der Waals surface area contributed by atoms with Crippen LogP contribution in [0.5, 0.6) is 0 Å². The minimum atomic E-state index is -3.48. The Hall–Kier alpha value is -2.23. The van der Waals surface area contributed by atoms with Gasteiger partial charge >= 0.3 is 0 Å². The normalized spacial score (nSPS) is 21.7. The fraction of sp³-hybridized carbons (Fsp3) is 0.500. The Morgan fingerprint density at radius 1 is 1.14 bits per heavy atom. The van der Waals surface area contributed by atoms with Gasteiger partial charge in [0.05, 0.1) is 23.2 Å². The zero-order valence-electron chi connectivity index (χ0n) is 16.1. The van der Waals surface area contributed by atoms with E-state index < -0.39 is 10.0 Å². The molecule has 1 aromatic heterocycles. The fourth-order valence-electron chi connectivity index (χ4n) is 3.83. The first-order chi connectivity index (χ1) is 14.0. The molecule has 8 nitrogen and oxygen atoms in total. The van der Waals surface area contributed by atoms with Crippen molar-refractivity contribution >= 4 is 15.9 Å². The van der Waals surface area contributed by atoms with Gasteiger partial charge in [0.25, 0.3) is 5.91 Å². The van der Waals surface area contributed by atoms with E-state index in [1.807, 2.05) is 0 Å². The zero-order chi connectivity index (χ0) is 20.3. The van der Waals surface area contributed by atoms with Gasteiger partial charge in [-0.25, -0.2) is 8.42 Å². The van der Waals surface area contributed by atoms with Crippen LogP contribution in [-0.2, 0) is 14.8 Å². The number of carbonyl (C=O) groups excluding carboxylic acids is 1. The van der Waals surface area contributed by atoms with Gasteiger partial charge in [-0.3, -0.25) is 4.79 Å². The molecule has 0 radical (unpaired) electrons. The van der Waals surface area contributed by atoms with Crippen LogP contribution in [0.25, 0.3) is 0 Å². The predicted octanol–water partition coefficient (Wildman–Crippen LogP) is 2.15. The second-order valence-electron chi connectivity index (χ2n) is 7.49. The van der Waals surface area contributed by atoms with Gasteiger partial charge in [0.15, 0.2) is 0 Å². The van der Waals surface area contributed by atoms with E-state index in [2.05, 4.69) is 10.5 Å². The van der Waals surface area contributed by atoms with E-state index in [1.165, 1.54) is 4.31 Å². The summed E-state index contributed by atoms with van der Waals surface area (Å²) in [4.78, 5) is 12.7. The molecule has 3 heterocycles. The number of piperidine rings is 1. The first-order valence-corrected chi connectivity index (χ1v) is 11.4. The van der Waals surface area contributed by atoms with Gasteiger partial charge in [-0.2, -0.15) is 4.31 Å². The van der Waals surface area contributed by atoms with Crippen molar-refractivity contribution in [2.75, 3.05) is 26.3 Å². The van der Waals surface area contributed by atoms with Crippen LogP contribution in [-0.4, -0.2) is 56.1 Å². The van der Waals surface area contributed by atoms with Crippen molar-refractivity contribution in [2.45, 2.75) is 42.5 Å². The van der Waals surface area contributed by atoms with Crippen LogP contribution in [0.15, 0.2) is 45.8 Å². The lowest BCUT2D eigenvalue weighted by Gasteiger charge is -2.30. The summed E-state index contributed by atoms with van der Waals surface area (Å²) < 4.78 is 37.6. The summed E-state index contributed by atoms with van der Waals surface area (Å²) in [5, 5.41) is 6.98. The number of hydrogen-bond acceptors (Lipinski definition) is 6. The van der Waals surface area contributed by atoms with Crippen LogP contribution < -0.4 is 5.32 Å². The lowest BCUT2D eigenvalue weighted by molar-refractivity contribution is 0.0608. The number of carbonyl (C=O) groups is 1. The van der Waals surface area contributed by atoms with Crippen molar-refractivity contribution in [2.24, 2.45) is 0 Å². The Morgan fingerprint density at radius 3 is 2.59 bits per heavy atom. The van der Waals surface area contributed by atoms with Crippen molar-refractivity contribution < 1.29 is 22.5 Å². The largest absolute Gasteiger partial charge is 0.379 e. The SMILES string of the molecule is O=C(N[C@H]1CCCOC1)c1cc(C2CCN(S(=O)(=O)c3ccccc3)CC2)no1. The van der Waals surface area contributed by atoms with Crippen LogP contribution in [0.2, 0.25) is 0 Å². The number of aromatic nitrogens is 1. The third-order valence-electron chi connectivity index (χ3n) is 5.50. The molecule has 156 valence electrons. The molecular weight excluding hydrogens is 394 g/mol. The highest BCUT2D eigenvalue weighted by atomic mass is 32.2. The first kappa shape index (κ1) is 20.1. The number of hydrogen-bond donors (Lipinski definition) is 1. The summed E-state index contributed by atoms with van der Waals surface area (Å²) >= 11 is 0. The number of amides is 1. The third-order valence-corrected chi connectivity index (χ3v) is 7.41. The highest BCUT2D eigenvalue weighted by Crippen LogP contribution is 2.30. The van der Waals surface area contributed by atoms with Gasteiger partial charge < -0.3 is 14.6 Å². The number of rotatable bonds is 5. The average Bonchev–Trinajstić information content (AvgIpc) is 3.26. The Bertz CT molecular complexity index is 930. The Labute approximate surface area is 170 Å². The van der Waals surface area contributed by atoms with E-state index >= 15 is 0 Å². The molecule has 2 saturated heterocycles. The number of nitrogens with zero attached hydrogens (tertiary/aromatic N) is 2. The van der Waals surface area contributed by atoms with Crippen LogP contribution in [0.3, 0.4) is 0 Å². The monoisotopic (exact) mass is 419 g/mol. The minimum absolute atomic E-state index is 0.00349. The number of ether oxygens (including phenoxy) is 1. The molecule has 2 aromatic rings. The quantitative estimate of drug-likeness (QED) is 0.797. The van der Waals surface area contributed by atoms with E-state index in [-0.39, 0.29) is 23.6 Å². The van der Waals surface area contributed by atoms with Crippen molar-refractivity contribution in [3.8, 4) is 0 Å². The van der Waals surface area contributed by atoms with Gasteiger partial charge in [-0.05, 0) is 37.8 Å². The van der Waals surface area contributed by atoms with E-state index in [4.69, 9.17) is 9.26 Å².